The van der Waals surface area contributed by atoms with Crippen LogP contribution in [0.1, 0.15) is 39.7 Å². The van der Waals surface area contributed by atoms with Gasteiger partial charge >= 0.3 is 0 Å². The first-order chi connectivity index (χ1) is 10.7. The topological polar surface area (TPSA) is 25.4 Å². The maximum absolute atomic E-state index is 13.5. The molecule has 2 aromatic rings. The Labute approximate surface area is 136 Å². The summed E-state index contributed by atoms with van der Waals surface area (Å²) in [5.41, 5.74) is 1.45. The zero-order chi connectivity index (χ0) is 16.3. The lowest BCUT2D eigenvalue weighted by Gasteiger charge is -2.46. The number of hydrogen-bond acceptors (Lipinski definition) is 4. The van der Waals surface area contributed by atoms with Gasteiger partial charge in [0.2, 0.25) is 0 Å². The Balaban J connectivity index is 0.000000410. The number of morpholine rings is 1. The molecule has 1 aromatic carbocycles. The Bertz CT molecular complexity index is 612. The fourth-order valence-electron chi connectivity index (χ4n) is 2.74. The van der Waals surface area contributed by atoms with Crippen molar-refractivity contribution >= 4 is 26.7 Å². The van der Waals surface area contributed by atoms with Crippen LogP contribution in [0.25, 0.3) is 10.2 Å². The van der Waals surface area contributed by atoms with E-state index < -0.39 is 0 Å². The highest BCUT2D eigenvalue weighted by Gasteiger charge is 2.39. The predicted octanol–water partition coefficient (Wildman–Crippen LogP) is 4.77. The van der Waals surface area contributed by atoms with Gasteiger partial charge in [-0.3, -0.25) is 0 Å². The number of rotatable bonds is 1. The average molecular weight is 324 g/mol. The van der Waals surface area contributed by atoms with Crippen LogP contribution in [0.5, 0.6) is 0 Å². The van der Waals surface area contributed by atoms with Crippen LogP contribution >= 0.6 is 11.3 Å². The third kappa shape index (κ3) is 3.10. The summed E-state index contributed by atoms with van der Waals surface area (Å²) in [5, 5.41) is 0.997. The van der Waals surface area contributed by atoms with Crippen LogP contribution in [0.3, 0.4) is 0 Å². The molecule has 2 bridgehead atoms. The van der Waals surface area contributed by atoms with Crippen molar-refractivity contribution in [1.29, 1.82) is 0 Å². The maximum atomic E-state index is 13.5. The first-order valence-corrected chi connectivity index (χ1v) is 8.98. The molecule has 5 rings (SSSR count). The SMILES string of the molecule is CC.CC.Cc1c(F)ccc2sc(N3CC4CC(C3)O4)nc12. The number of benzene rings is 1. The van der Waals surface area contributed by atoms with Crippen LogP contribution in [0.2, 0.25) is 0 Å². The van der Waals surface area contributed by atoms with Gasteiger partial charge in [0.15, 0.2) is 5.13 Å². The van der Waals surface area contributed by atoms with Gasteiger partial charge in [-0.15, -0.1) is 0 Å². The average Bonchev–Trinajstić information content (AvgIpc) is 3.00. The number of hydrogen-bond donors (Lipinski definition) is 0. The number of nitrogens with zero attached hydrogens (tertiary/aromatic N) is 2. The molecule has 3 saturated heterocycles. The maximum Gasteiger partial charge on any atom is 0.186 e. The zero-order valence-electron chi connectivity index (χ0n) is 14.0. The molecule has 2 atom stereocenters. The quantitative estimate of drug-likeness (QED) is 0.755. The normalized spacial score (nSPS) is 22.2. The lowest BCUT2D eigenvalue weighted by atomic mass is 9.99. The van der Waals surface area contributed by atoms with Gasteiger partial charge in [0.1, 0.15) is 5.82 Å². The number of aromatic nitrogens is 1. The lowest BCUT2D eigenvalue weighted by molar-refractivity contribution is -0.133. The molecule has 0 aliphatic carbocycles. The van der Waals surface area contributed by atoms with Gasteiger partial charge in [-0.2, -0.15) is 0 Å². The zero-order valence-corrected chi connectivity index (χ0v) is 14.8. The van der Waals surface area contributed by atoms with E-state index in [-0.39, 0.29) is 5.82 Å². The summed E-state index contributed by atoms with van der Waals surface area (Å²) in [5.74, 6) is -0.177. The Hall–Kier alpha value is -1.20. The number of thiazole rings is 1. The van der Waals surface area contributed by atoms with E-state index in [0.29, 0.717) is 17.8 Å². The van der Waals surface area contributed by atoms with Crippen molar-refractivity contribution in [2.75, 3.05) is 18.0 Å². The second-order valence-corrected chi connectivity index (χ2v) is 6.05. The molecule has 0 saturated carbocycles. The van der Waals surface area contributed by atoms with E-state index in [4.69, 9.17) is 4.74 Å². The van der Waals surface area contributed by atoms with Crippen molar-refractivity contribution in [2.45, 2.75) is 53.2 Å². The van der Waals surface area contributed by atoms with Gasteiger partial charge in [-0.25, -0.2) is 9.37 Å². The number of anilines is 1. The van der Waals surface area contributed by atoms with Crippen molar-refractivity contribution in [3.63, 3.8) is 0 Å². The van der Waals surface area contributed by atoms with E-state index in [0.717, 1.165) is 28.4 Å². The van der Waals surface area contributed by atoms with Crippen molar-refractivity contribution in [3.05, 3.63) is 23.5 Å². The standard InChI is InChI=1S/C13H13FN2OS.2C2H6/c1-7-10(14)2-3-11-12(7)15-13(18-11)16-5-8-4-9(6-16)17-8;2*1-2/h2-3,8-9H,4-6H2,1H3;2*1-2H3. The van der Waals surface area contributed by atoms with Gasteiger partial charge in [0.05, 0.1) is 22.4 Å². The van der Waals surface area contributed by atoms with Crippen molar-refractivity contribution in [3.8, 4) is 0 Å². The Morgan fingerprint density at radius 1 is 1.18 bits per heavy atom. The molecule has 3 aliphatic heterocycles. The van der Waals surface area contributed by atoms with Gasteiger partial charge in [-0.1, -0.05) is 39.0 Å². The van der Waals surface area contributed by atoms with E-state index in [1.54, 1.807) is 18.3 Å². The van der Waals surface area contributed by atoms with Gasteiger partial charge in [-0.05, 0) is 19.1 Å². The first kappa shape index (κ1) is 17.2. The monoisotopic (exact) mass is 324 g/mol. The molecule has 0 spiro atoms. The Morgan fingerprint density at radius 3 is 2.36 bits per heavy atom. The van der Waals surface area contributed by atoms with Crippen molar-refractivity contribution < 1.29 is 9.13 Å². The second-order valence-electron chi connectivity index (χ2n) is 5.04. The molecular weight excluding hydrogens is 299 g/mol. The summed E-state index contributed by atoms with van der Waals surface area (Å²) in [6.45, 7) is 11.6. The summed E-state index contributed by atoms with van der Waals surface area (Å²) in [7, 11) is 0. The summed E-state index contributed by atoms with van der Waals surface area (Å²) in [6, 6.07) is 3.34. The van der Waals surface area contributed by atoms with Crippen LogP contribution in [-0.4, -0.2) is 30.3 Å². The predicted molar refractivity (Wildman–Crippen MR) is 92.5 cm³/mol. The molecular formula is C17H25FN2OS. The fourth-order valence-corrected chi connectivity index (χ4v) is 3.78. The first-order valence-electron chi connectivity index (χ1n) is 8.17. The van der Waals surface area contributed by atoms with Crippen LogP contribution in [0.4, 0.5) is 9.52 Å². The molecule has 0 N–H and O–H groups in total. The molecule has 4 heterocycles. The number of ether oxygens (including phenoxy) is 1. The van der Waals surface area contributed by atoms with Crippen LogP contribution in [0.15, 0.2) is 12.1 Å². The molecule has 2 unspecified atom stereocenters. The number of aryl methyl sites for hydroxylation is 1. The Morgan fingerprint density at radius 2 is 1.77 bits per heavy atom. The summed E-state index contributed by atoms with van der Waals surface area (Å²) in [6.07, 6.45) is 1.91. The third-order valence-corrected chi connectivity index (χ3v) is 4.85. The van der Waals surface area contributed by atoms with Gasteiger partial charge in [0.25, 0.3) is 0 Å². The second kappa shape index (κ2) is 7.38. The van der Waals surface area contributed by atoms with E-state index >= 15 is 0 Å². The van der Waals surface area contributed by atoms with Crippen molar-refractivity contribution in [1.82, 2.24) is 4.98 Å². The molecule has 3 fully saturated rings. The van der Waals surface area contributed by atoms with Gasteiger partial charge in [0, 0.05) is 25.1 Å². The summed E-state index contributed by atoms with van der Waals surface area (Å²) < 4.78 is 20.2. The minimum atomic E-state index is -0.177. The van der Waals surface area contributed by atoms with Crippen LogP contribution in [0, 0.1) is 12.7 Å². The lowest BCUT2D eigenvalue weighted by Crippen LogP contribution is -2.57. The molecule has 22 heavy (non-hydrogen) atoms. The van der Waals surface area contributed by atoms with Crippen molar-refractivity contribution in [2.24, 2.45) is 0 Å². The van der Waals surface area contributed by atoms with E-state index in [2.05, 4.69) is 9.88 Å². The van der Waals surface area contributed by atoms with E-state index in [1.165, 1.54) is 12.5 Å². The fraction of sp³-hybridized carbons (Fsp3) is 0.588. The minimum absolute atomic E-state index is 0.177. The molecule has 0 radical (unpaired) electrons. The summed E-state index contributed by atoms with van der Waals surface area (Å²) in [4.78, 5) is 6.87. The van der Waals surface area contributed by atoms with Gasteiger partial charge < -0.3 is 9.64 Å². The number of halogens is 1. The smallest absolute Gasteiger partial charge is 0.186 e. The molecule has 5 heteroatoms. The van der Waals surface area contributed by atoms with Crippen LogP contribution in [-0.2, 0) is 4.74 Å². The number of piperidine rings is 1. The molecule has 3 aliphatic rings. The highest BCUT2D eigenvalue weighted by Crippen LogP contribution is 2.36. The van der Waals surface area contributed by atoms with E-state index in [1.807, 2.05) is 33.8 Å². The van der Waals surface area contributed by atoms with E-state index in [9.17, 15) is 4.39 Å². The minimum Gasteiger partial charge on any atom is -0.371 e. The third-order valence-electron chi connectivity index (χ3n) is 3.77. The Kier molecular flexibility index (Phi) is 5.75. The molecule has 0 amide bonds. The largest absolute Gasteiger partial charge is 0.371 e. The number of fused-ring (bicyclic) bond motifs is 3. The highest BCUT2D eigenvalue weighted by molar-refractivity contribution is 7.22. The molecule has 1 aromatic heterocycles. The highest BCUT2D eigenvalue weighted by atomic mass is 32.1. The van der Waals surface area contributed by atoms with Crippen LogP contribution < -0.4 is 4.90 Å². The molecule has 122 valence electrons. The molecule has 3 nitrogen and oxygen atoms in total. The summed E-state index contributed by atoms with van der Waals surface area (Å²) >= 11 is 1.64.